The van der Waals surface area contributed by atoms with E-state index in [4.69, 9.17) is 11.5 Å². The van der Waals surface area contributed by atoms with Crippen LogP contribution < -0.4 is 38.1 Å². The van der Waals surface area contributed by atoms with Gasteiger partial charge in [0.05, 0.1) is 6.42 Å². The molecule has 0 radical (unpaired) electrons. The number of hydrogen-bond donors (Lipinski definition) is 8. The number of carbonyl (C=O) groups excluding carboxylic acids is 9. The van der Waals surface area contributed by atoms with Gasteiger partial charge in [-0.05, 0) is 55.2 Å². The van der Waals surface area contributed by atoms with Gasteiger partial charge in [0.15, 0.2) is 0 Å². The molecular weight excluding hydrogens is 843 g/mol. The molecule has 344 valence electrons. The highest BCUT2D eigenvalue weighted by molar-refractivity contribution is 8.76. The van der Waals surface area contributed by atoms with E-state index in [9.17, 15) is 48.3 Å². The SMILES string of the molecule is CC[C@H](C)[C@@H]1NC(=O)[C@H](Cc2ccc(O)cc2)NC(=O)CCSSC[C@@H](C(=O)N2CCC[C@H]2C(=O)N(C)CCC(C)C)NC(=O)[C@H](CC(N)=O)NC(=O)[C@H](CCC(N)=O)NC1=O. The van der Waals surface area contributed by atoms with Crippen LogP contribution in [0.4, 0.5) is 0 Å². The van der Waals surface area contributed by atoms with Crippen molar-refractivity contribution in [3.63, 3.8) is 0 Å². The average Bonchev–Trinajstić information content (AvgIpc) is 3.71. The van der Waals surface area contributed by atoms with Gasteiger partial charge in [-0.25, -0.2) is 0 Å². The molecule has 21 heteroatoms. The van der Waals surface area contributed by atoms with Crippen LogP contribution in [0.2, 0.25) is 0 Å². The number of phenolic OH excluding ortho intramolecular Hbond substituents is 1. The molecule has 3 rings (SSSR count). The Bertz CT molecular complexity index is 1770. The number of hydrogen-bond acceptors (Lipinski definition) is 12. The third-order valence-electron chi connectivity index (χ3n) is 10.8. The Morgan fingerprint density at radius 3 is 2.13 bits per heavy atom. The number of nitrogens with one attached hydrogen (secondary N) is 5. The normalized spacial score (nSPS) is 24.2. The van der Waals surface area contributed by atoms with E-state index >= 15 is 0 Å². The van der Waals surface area contributed by atoms with Crippen LogP contribution in [-0.4, -0.2) is 136 Å². The molecule has 1 aromatic rings. The first-order valence-corrected chi connectivity index (χ1v) is 23.4. The Balaban J connectivity index is 2.02. The molecule has 0 unspecified atom stereocenters. The quantitative estimate of drug-likeness (QED) is 0.113. The maximum atomic E-state index is 14.3. The number of carbonyl (C=O) groups is 9. The van der Waals surface area contributed by atoms with Crippen LogP contribution in [0.3, 0.4) is 0 Å². The van der Waals surface area contributed by atoms with Crippen molar-refractivity contribution < 1.29 is 48.3 Å². The predicted molar refractivity (Wildman–Crippen MR) is 235 cm³/mol. The second-order valence-electron chi connectivity index (χ2n) is 16.2. The van der Waals surface area contributed by atoms with E-state index in [0.29, 0.717) is 37.3 Å². The van der Waals surface area contributed by atoms with Gasteiger partial charge >= 0.3 is 0 Å². The van der Waals surface area contributed by atoms with Gasteiger partial charge in [-0.2, -0.15) is 0 Å². The first kappa shape index (κ1) is 51.3. The average molecular weight is 906 g/mol. The van der Waals surface area contributed by atoms with Crippen LogP contribution in [0.25, 0.3) is 0 Å². The first-order valence-electron chi connectivity index (χ1n) is 21.0. The second-order valence-corrected chi connectivity index (χ2v) is 18.8. The molecule has 62 heavy (non-hydrogen) atoms. The van der Waals surface area contributed by atoms with E-state index in [1.807, 2.05) is 13.8 Å². The Labute approximate surface area is 370 Å². The number of rotatable bonds is 14. The zero-order valence-corrected chi connectivity index (χ0v) is 37.7. The Kier molecular flexibility index (Phi) is 20.8. The number of nitrogens with zero attached hydrogens (tertiary/aromatic N) is 2. The second kappa shape index (κ2) is 25.2. The molecule has 2 aliphatic heterocycles. The molecule has 9 amide bonds. The maximum Gasteiger partial charge on any atom is 0.246 e. The lowest BCUT2D eigenvalue weighted by atomic mass is 9.96. The standard InChI is InChI=1S/C41H63N9O10S2/c1-6-24(4)35-39(58)45-27(13-14-32(42)52)36(55)46-29(21-33(43)53)37(56)47-30(40(59)50-17-7-8-31(50)41(60)49(5)18-15-23(2)3)22-62-61-19-16-34(54)44-28(38(57)48-35)20-25-9-11-26(51)12-10-25/h9-12,23-24,27-31,35,51H,6-8,13-22H2,1-5H3,(H2,42,52)(H2,43,53)(H,44,54)(H,45,58)(H,46,55)(H,47,56)(H,48,57)/t24-,27-,28-,29-,30-,31-,35-/m0/s1. The van der Waals surface area contributed by atoms with Gasteiger partial charge in [-0.15, -0.1) is 0 Å². The molecule has 0 bridgehead atoms. The fourth-order valence-corrected chi connectivity index (χ4v) is 9.00. The predicted octanol–water partition coefficient (Wildman–Crippen LogP) is -0.174. The number of benzene rings is 1. The smallest absolute Gasteiger partial charge is 0.246 e. The minimum atomic E-state index is -1.64. The summed E-state index contributed by atoms with van der Waals surface area (Å²) in [5.74, 6) is -6.51. The highest BCUT2D eigenvalue weighted by Gasteiger charge is 2.40. The zero-order chi connectivity index (χ0) is 46.1. The molecule has 0 aliphatic carbocycles. The minimum absolute atomic E-state index is 0.000649. The third-order valence-corrected chi connectivity index (χ3v) is 13.2. The lowest BCUT2D eigenvalue weighted by molar-refractivity contribution is -0.145. The van der Waals surface area contributed by atoms with Crippen molar-refractivity contribution >= 4 is 74.8 Å². The summed E-state index contributed by atoms with van der Waals surface area (Å²) in [6, 6.07) is -1.56. The lowest BCUT2D eigenvalue weighted by Crippen LogP contribution is -2.61. The third kappa shape index (κ3) is 16.3. The summed E-state index contributed by atoms with van der Waals surface area (Å²) < 4.78 is 0. The maximum absolute atomic E-state index is 14.3. The number of amides is 9. The highest BCUT2D eigenvalue weighted by atomic mass is 33.1. The monoisotopic (exact) mass is 905 g/mol. The van der Waals surface area contributed by atoms with Gasteiger partial charge in [-0.3, -0.25) is 43.2 Å². The van der Waals surface area contributed by atoms with Crippen molar-refractivity contribution in [2.45, 2.75) is 122 Å². The number of nitrogens with two attached hydrogens (primary N) is 2. The largest absolute Gasteiger partial charge is 0.508 e. The molecule has 7 atom stereocenters. The summed E-state index contributed by atoms with van der Waals surface area (Å²) in [7, 11) is 4.07. The molecule has 2 saturated heterocycles. The molecule has 0 saturated carbocycles. The number of likely N-dealkylation sites (tertiary alicyclic amines) is 1. The molecule has 0 spiro atoms. The van der Waals surface area contributed by atoms with Crippen LogP contribution >= 0.6 is 21.6 Å². The summed E-state index contributed by atoms with van der Waals surface area (Å²) in [6.45, 7) is 8.30. The van der Waals surface area contributed by atoms with Crippen LogP contribution in [0.15, 0.2) is 24.3 Å². The van der Waals surface area contributed by atoms with E-state index in [1.165, 1.54) is 38.6 Å². The Morgan fingerprint density at radius 1 is 0.855 bits per heavy atom. The fraction of sp³-hybridized carbons (Fsp3) is 0.634. The van der Waals surface area contributed by atoms with E-state index in [1.54, 1.807) is 37.9 Å². The van der Waals surface area contributed by atoms with Gasteiger partial charge in [0.25, 0.3) is 0 Å². The zero-order valence-electron chi connectivity index (χ0n) is 36.1. The minimum Gasteiger partial charge on any atom is -0.508 e. The van der Waals surface area contributed by atoms with Crippen LogP contribution in [-0.2, 0) is 49.6 Å². The van der Waals surface area contributed by atoms with Crippen molar-refractivity contribution in [3.8, 4) is 5.75 Å². The number of phenols is 1. The number of primary amides is 2. The van der Waals surface area contributed by atoms with Crippen LogP contribution in [0, 0.1) is 11.8 Å². The molecule has 19 nitrogen and oxygen atoms in total. The molecule has 10 N–H and O–H groups in total. The van der Waals surface area contributed by atoms with Crippen molar-refractivity contribution in [3.05, 3.63) is 29.8 Å². The molecule has 2 aliphatic rings. The Hall–Kier alpha value is -5.05. The molecule has 2 heterocycles. The van der Waals surface area contributed by atoms with Gasteiger partial charge in [0.2, 0.25) is 53.2 Å². The lowest BCUT2D eigenvalue weighted by Gasteiger charge is -2.32. The van der Waals surface area contributed by atoms with Crippen molar-refractivity contribution in [1.82, 2.24) is 36.4 Å². The number of aromatic hydroxyl groups is 1. The Morgan fingerprint density at radius 2 is 1.50 bits per heavy atom. The van der Waals surface area contributed by atoms with Crippen molar-refractivity contribution in [1.29, 1.82) is 0 Å². The fourth-order valence-electron chi connectivity index (χ4n) is 6.86. The summed E-state index contributed by atoms with van der Waals surface area (Å²) >= 11 is 0. The van der Waals surface area contributed by atoms with Gasteiger partial charge in [-0.1, -0.05) is 67.8 Å². The number of likely N-dealkylation sites (N-methyl/N-ethyl adjacent to an activating group) is 1. The molecule has 1 aromatic carbocycles. The summed E-state index contributed by atoms with van der Waals surface area (Å²) in [6.07, 6.45) is 0.639. The van der Waals surface area contributed by atoms with Gasteiger partial charge in [0, 0.05) is 50.9 Å². The van der Waals surface area contributed by atoms with Gasteiger partial charge in [0.1, 0.15) is 42.0 Å². The van der Waals surface area contributed by atoms with E-state index < -0.39 is 95.8 Å². The first-order chi connectivity index (χ1) is 29.3. The van der Waals surface area contributed by atoms with Crippen molar-refractivity contribution in [2.75, 3.05) is 31.6 Å². The summed E-state index contributed by atoms with van der Waals surface area (Å²) in [5.41, 5.74) is 11.5. The molecular formula is C41H63N9O10S2. The van der Waals surface area contributed by atoms with E-state index in [2.05, 4.69) is 26.6 Å². The summed E-state index contributed by atoms with van der Waals surface area (Å²) in [5, 5.41) is 22.9. The molecule has 0 aromatic heterocycles. The van der Waals surface area contributed by atoms with E-state index in [-0.39, 0.29) is 55.4 Å². The molecule has 2 fully saturated rings. The van der Waals surface area contributed by atoms with Gasteiger partial charge < -0.3 is 53.0 Å². The van der Waals surface area contributed by atoms with Crippen LogP contribution in [0.1, 0.15) is 84.6 Å². The van der Waals surface area contributed by atoms with Crippen molar-refractivity contribution in [2.24, 2.45) is 23.3 Å². The summed E-state index contributed by atoms with van der Waals surface area (Å²) in [4.78, 5) is 124. The van der Waals surface area contributed by atoms with E-state index in [0.717, 1.165) is 6.42 Å². The topological polar surface area (TPSA) is 293 Å². The highest BCUT2D eigenvalue weighted by Crippen LogP contribution is 2.26. The van der Waals surface area contributed by atoms with Crippen LogP contribution in [0.5, 0.6) is 5.75 Å².